The molecule has 0 aliphatic carbocycles. The van der Waals surface area contributed by atoms with E-state index in [1.807, 2.05) is 6.92 Å². The molecule has 1 unspecified atom stereocenters. The average molecular weight is 460 g/mol. The van der Waals surface area contributed by atoms with Crippen LogP contribution in [0.25, 0.3) is 0 Å². The molecule has 23 heavy (non-hydrogen) atoms. The molecule has 0 saturated carbocycles. The summed E-state index contributed by atoms with van der Waals surface area (Å²) in [6.45, 7) is 10.7. The summed E-state index contributed by atoms with van der Waals surface area (Å²) >= 11 is 1.79. The van der Waals surface area contributed by atoms with E-state index in [9.17, 15) is 4.79 Å². The van der Waals surface area contributed by atoms with Crippen molar-refractivity contribution in [2.45, 2.75) is 40.2 Å². The predicted octanol–water partition coefficient (Wildman–Crippen LogP) is 2.68. The zero-order valence-electron chi connectivity index (χ0n) is 15.0. The maximum atomic E-state index is 11.6. The zero-order chi connectivity index (χ0) is 16.8. The highest BCUT2D eigenvalue weighted by Crippen LogP contribution is 2.05. The smallest absolute Gasteiger partial charge is 0.407 e. The molecule has 0 aromatic heterocycles. The van der Waals surface area contributed by atoms with Crippen molar-refractivity contribution in [3.63, 3.8) is 0 Å². The van der Waals surface area contributed by atoms with Gasteiger partial charge in [-0.2, -0.15) is 11.8 Å². The Labute approximate surface area is 162 Å². The maximum Gasteiger partial charge on any atom is 0.407 e. The number of guanidine groups is 1. The minimum Gasteiger partial charge on any atom is -0.450 e. The number of alkyl carbamates (subject to hydrolysis) is 1. The van der Waals surface area contributed by atoms with E-state index >= 15 is 0 Å². The third-order valence-corrected chi connectivity index (χ3v) is 3.38. The van der Waals surface area contributed by atoms with Crippen LogP contribution in [0.2, 0.25) is 0 Å². The molecular weight excluding hydrogens is 427 g/mol. The predicted molar refractivity (Wildman–Crippen MR) is 111 cm³/mol. The van der Waals surface area contributed by atoms with Crippen molar-refractivity contribution in [2.24, 2.45) is 10.9 Å². The number of aliphatic imine (C=N–C) groups is 1. The SMILES string of the molecule is CCNC(=NCC(CC(C)C)NC(=O)OCC)NCCSC.I. The second kappa shape index (κ2) is 16.5. The van der Waals surface area contributed by atoms with Gasteiger partial charge in [0.05, 0.1) is 19.2 Å². The molecule has 3 N–H and O–H groups in total. The van der Waals surface area contributed by atoms with E-state index in [0.717, 1.165) is 31.2 Å². The Morgan fingerprint density at radius 1 is 1.26 bits per heavy atom. The number of thioether (sulfide) groups is 1. The Bertz CT molecular complexity index is 331. The minimum absolute atomic E-state index is 0. The number of rotatable bonds is 10. The van der Waals surface area contributed by atoms with Crippen molar-refractivity contribution < 1.29 is 9.53 Å². The lowest BCUT2D eigenvalue weighted by Crippen LogP contribution is -2.42. The van der Waals surface area contributed by atoms with Gasteiger partial charge in [-0.15, -0.1) is 24.0 Å². The number of halogens is 1. The topological polar surface area (TPSA) is 74.8 Å². The van der Waals surface area contributed by atoms with E-state index in [0.29, 0.717) is 19.1 Å². The number of hydrogen-bond donors (Lipinski definition) is 3. The largest absolute Gasteiger partial charge is 0.450 e. The fourth-order valence-electron chi connectivity index (χ4n) is 1.90. The first-order valence-corrected chi connectivity index (χ1v) is 9.37. The molecule has 0 heterocycles. The van der Waals surface area contributed by atoms with Crippen LogP contribution in [-0.2, 0) is 4.74 Å². The van der Waals surface area contributed by atoms with Gasteiger partial charge >= 0.3 is 6.09 Å². The third-order valence-electron chi connectivity index (χ3n) is 2.77. The quantitative estimate of drug-likeness (QED) is 0.202. The van der Waals surface area contributed by atoms with Gasteiger partial charge in [-0.3, -0.25) is 4.99 Å². The molecule has 0 fully saturated rings. The molecule has 0 radical (unpaired) electrons. The second-order valence-corrected chi connectivity index (χ2v) is 6.32. The number of hydrogen-bond acceptors (Lipinski definition) is 4. The van der Waals surface area contributed by atoms with Gasteiger partial charge in [0.2, 0.25) is 0 Å². The van der Waals surface area contributed by atoms with Crippen LogP contribution in [-0.4, -0.2) is 56.3 Å². The van der Waals surface area contributed by atoms with E-state index in [-0.39, 0.29) is 36.1 Å². The van der Waals surface area contributed by atoms with E-state index in [4.69, 9.17) is 4.74 Å². The lowest BCUT2D eigenvalue weighted by atomic mass is 10.0. The lowest BCUT2D eigenvalue weighted by Gasteiger charge is -2.19. The van der Waals surface area contributed by atoms with E-state index < -0.39 is 0 Å². The lowest BCUT2D eigenvalue weighted by molar-refractivity contribution is 0.147. The van der Waals surface area contributed by atoms with Crippen LogP contribution in [0.1, 0.15) is 34.1 Å². The van der Waals surface area contributed by atoms with Crippen LogP contribution in [0.4, 0.5) is 4.79 Å². The number of carbonyl (C=O) groups excluding carboxylic acids is 1. The summed E-state index contributed by atoms with van der Waals surface area (Å²) in [6, 6.07) is -0.0185. The van der Waals surface area contributed by atoms with Gasteiger partial charge in [-0.25, -0.2) is 4.79 Å². The first kappa shape index (κ1) is 24.9. The Hall–Kier alpha value is -0.380. The molecule has 0 aliphatic heterocycles. The van der Waals surface area contributed by atoms with Crippen LogP contribution in [0.5, 0.6) is 0 Å². The summed E-state index contributed by atoms with van der Waals surface area (Å²) in [5.41, 5.74) is 0. The molecule has 0 bridgehead atoms. The monoisotopic (exact) mass is 460 g/mol. The summed E-state index contributed by atoms with van der Waals surface area (Å²) in [6.07, 6.45) is 2.57. The van der Waals surface area contributed by atoms with Crippen LogP contribution in [0.15, 0.2) is 4.99 Å². The van der Waals surface area contributed by atoms with Gasteiger partial charge in [0.15, 0.2) is 5.96 Å². The van der Waals surface area contributed by atoms with Crippen molar-refractivity contribution in [2.75, 3.05) is 38.2 Å². The first-order valence-electron chi connectivity index (χ1n) is 7.97. The van der Waals surface area contributed by atoms with Gasteiger partial charge in [0.1, 0.15) is 0 Å². The highest BCUT2D eigenvalue weighted by Gasteiger charge is 2.14. The van der Waals surface area contributed by atoms with Crippen LogP contribution >= 0.6 is 35.7 Å². The normalized spacial score (nSPS) is 12.3. The van der Waals surface area contributed by atoms with Crippen molar-refractivity contribution >= 4 is 47.8 Å². The molecule has 1 amide bonds. The molecule has 1 atom stereocenters. The van der Waals surface area contributed by atoms with E-state index in [1.54, 1.807) is 18.7 Å². The van der Waals surface area contributed by atoms with Gasteiger partial charge in [0, 0.05) is 18.8 Å². The Balaban J connectivity index is 0. The number of ether oxygens (including phenoxy) is 1. The highest BCUT2D eigenvalue weighted by atomic mass is 127. The fourth-order valence-corrected chi connectivity index (χ4v) is 2.21. The summed E-state index contributed by atoms with van der Waals surface area (Å²) in [5.74, 6) is 2.30. The molecular formula is C15H33IN4O2S. The van der Waals surface area contributed by atoms with Crippen molar-refractivity contribution in [1.82, 2.24) is 16.0 Å². The Morgan fingerprint density at radius 3 is 2.48 bits per heavy atom. The van der Waals surface area contributed by atoms with Gasteiger partial charge in [0.25, 0.3) is 0 Å². The Kier molecular flexibility index (Phi) is 17.8. The summed E-state index contributed by atoms with van der Waals surface area (Å²) < 4.78 is 4.96. The average Bonchev–Trinajstić information content (AvgIpc) is 2.44. The Morgan fingerprint density at radius 2 is 1.96 bits per heavy atom. The number of nitrogens with one attached hydrogen (secondary N) is 3. The van der Waals surface area contributed by atoms with E-state index in [1.165, 1.54) is 0 Å². The highest BCUT2D eigenvalue weighted by molar-refractivity contribution is 14.0. The summed E-state index contributed by atoms with van der Waals surface area (Å²) in [4.78, 5) is 16.2. The van der Waals surface area contributed by atoms with Gasteiger partial charge in [-0.05, 0) is 32.4 Å². The fraction of sp³-hybridized carbons (Fsp3) is 0.867. The van der Waals surface area contributed by atoms with Crippen molar-refractivity contribution in [1.29, 1.82) is 0 Å². The first-order chi connectivity index (χ1) is 10.5. The molecule has 0 aromatic carbocycles. The number of amides is 1. The van der Waals surface area contributed by atoms with E-state index in [2.05, 4.69) is 41.0 Å². The molecule has 0 rings (SSSR count). The summed E-state index contributed by atoms with van der Waals surface area (Å²) in [5, 5.41) is 9.38. The molecule has 6 nitrogen and oxygen atoms in total. The molecule has 0 aromatic rings. The zero-order valence-corrected chi connectivity index (χ0v) is 18.1. The van der Waals surface area contributed by atoms with Crippen molar-refractivity contribution in [3.05, 3.63) is 0 Å². The van der Waals surface area contributed by atoms with Crippen LogP contribution in [0.3, 0.4) is 0 Å². The number of carbonyl (C=O) groups is 1. The molecule has 138 valence electrons. The van der Waals surface area contributed by atoms with Gasteiger partial charge in [-0.1, -0.05) is 13.8 Å². The standard InChI is InChI=1S/C15H32N4O2S.HI/c1-6-16-14(17-8-9-22-5)18-11-13(10-12(3)4)19-15(20)21-7-2;/h12-13H,6-11H2,1-5H3,(H,19,20)(H2,16,17,18);1H. The molecule has 0 saturated heterocycles. The minimum atomic E-state index is -0.372. The third kappa shape index (κ3) is 14.9. The number of nitrogens with zero attached hydrogens (tertiary/aromatic N) is 1. The van der Waals surface area contributed by atoms with Gasteiger partial charge < -0.3 is 20.7 Å². The second-order valence-electron chi connectivity index (χ2n) is 5.33. The summed E-state index contributed by atoms with van der Waals surface area (Å²) in [7, 11) is 0. The molecule has 0 spiro atoms. The van der Waals surface area contributed by atoms with Crippen LogP contribution < -0.4 is 16.0 Å². The molecule has 8 heteroatoms. The molecule has 0 aliphatic rings. The maximum absolute atomic E-state index is 11.6. The van der Waals surface area contributed by atoms with Crippen molar-refractivity contribution in [3.8, 4) is 0 Å². The van der Waals surface area contributed by atoms with Crippen LogP contribution in [0, 0.1) is 5.92 Å².